The molecule has 0 saturated carbocycles. The van der Waals surface area contributed by atoms with Crippen molar-refractivity contribution in [2.75, 3.05) is 33.9 Å². The van der Waals surface area contributed by atoms with E-state index in [0.29, 0.717) is 5.56 Å². The summed E-state index contributed by atoms with van der Waals surface area (Å²) in [5.41, 5.74) is -0.861. The van der Waals surface area contributed by atoms with Crippen LogP contribution in [0.5, 0.6) is 0 Å². The summed E-state index contributed by atoms with van der Waals surface area (Å²) >= 11 is 0. The lowest BCUT2D eigenvalue weighted by atomic mass is 10.1. The molecule has 4 atom stereocenters. The van der Waals surface area contributed by atoms with Crippen LogP contribution in [0.15, 0.2) is 15.8 Å². The molecule has 1 aromatic rings. The summed E-state index contributed by atoms with van der Waals surface area (Å²) in [7, 11) is 3.45. The van der Waals surface area contributed by atoms with Gasteiger partial charge in [0.2, 0.25) is 0 Å². The number of hydrogen-bond acceptors (Lipinski definition) is 8. The number of H-pyrrole nitrogens is 1. The van der Waals surface area contributed by atoms with E-state index in [9.17, 15) is 19.8 Å². The predicted molar refractivity (Wildman–Crippen MR) is 82.4 cm³/mol. The van der Waals surface area contributed by atoms with Crippen molar-refractivity contribution in [2.45, 2.75) is 31.5 Å². The number of aliphatic hydroxyl groups excluding tert-OH is 2. The van der Waals surface area contributed by atoms with Crippen LogP contribution >= 0.6 is 0 Å². The van der Waals surface area contributed by atoms with Crippen LogP contribution in [-0.2, 0) is 14.3 Å². The lowest BCUT2D eigenvalue weighted by Crippen LogP contribution is -2.40. The fraction of sp³-hybridized carbons (Fsp3) is 0.714. The van der Waals surface area contributed by atoms with E-state index in [1.54, 1.807) is 21.0 Å². The molecule has 0 radical (unpaired) electrons. The van der Waals surface area contributed by atoms with Gasteiger partial charge in [-0.25, -0.2) is 4.79 Å². The van der Waals surface area contributed by atoms with Crippen LogP contribution < -0.4 is 11.2 Å². The summed E-state index contributed by atoms with van der Waals surface area (Å²) in [4.78, 5) is 30.9. The lowest BCUT2D eigenvalue weighted by Gasteiger charge is -2.22. The molecule has 10 heteroatoms. The lowest BCUT2D eigenvalue weighted by molar-refractivity contribution is -0.151. The molecular formula is C14H23N3O7. The summed E-state index contributed by atoms with van der Waals surface area (Å²) in [6.07, 6.45) is -2.55. The molecule has 3 N–H and O–H groups in total. The number of rotatable bonds is 7. The zero-order valence-corrected chi connectivity index (χ0v) is 13.8. The van der Waals surface area contributed by atoms with Gasteiger partial charge in [0.25, 0.3) is 5.56 Å². The second-order valence-corrected chi connectivity index (χ2v) is 5.70. The second-order valence-electron chi connectivity index (χ2n) is 5.70. The van der Waals surface area contributed by atoms with Crippen molar-refractivity contribution in [3.05, 3.63) is 32.6 Å². The molecular weight excluding hydrogens is 322 g/mol. The van der Waals surface area contributed by atoms with Gasteiger partial charge in [-0.05, 0) is 6.92 Å². The van der Waals surface area contributed by atoms with Crippen molar-refractivity contribution in [1.29, 1.82) is 0 Å². The van der Waals surface area contributed by atoms with Crippen molar-refractivity contribution >= 4 is 0 Å². The summed E-state index contributed by atoms with van der Waals surface area (Å²) in [6, 6.07) is 0. The molecule has 1 aliphatic rings. The van der Waals surface area contributed by atoms with Crippen LogP contribution in [0.4, 0.5) is 0 Å². The Kier molecular flexibility index (Phi) is 6.27. The highest BCUT2D eigenvalue weighted by molar-refractivity contribution is 5.03. The van der Waals surface area contributed by atoms with E-state index in [1.807, 2.05) is 0 Å². The number of aryl methyl sites for hydroxylation is 1. The van der Waals surface area contributed by atoms with Gasteiger partial charge in [0.05, 0.1) is 19.8 Å². The Morgan fingerprint density at radius 2 is 2.08 bits per heavy atom. The van der Waals surface area contributed by atoms with Crippen LogP contribution in [0.1, 0.15) is 11.8 Å². The van der Waals surface area contributed by atoms with Crippen molar-refractivity contribution in [3.8, 4) is 0 Å². The zero-order valence-electron chi connectivity index (χ0n) is 13.8. The van der Waals surface area contributed by atoms with Crippen LogP contribution in [-0.4, -0.2) is 77.1 Å². The molecule has 0 amide bonds. The van der Waals surface area contributed by atoms with Gasteiger partial charge >= 0.3 is 5.69 Å². The highest BCUT2D eigenvalue weighted by atomic mass is 16.7. The Bertz CT molecular complexity index is 657. The second kappa shape index (κ2) is 8.01. The minimum Gasteiger partial charge on any atom is -0.394 e. The van der Waals surface area contributed by atoms with E-state index in [0.717, 1.165) is 4.57 Å². The number of aromatic amines is 1. The molecule has 0 aliphatic carbocycles. The molecule has 0 bridgehead atoms. The molecule has 0 aromatic carbocycles. The molecule has 10 nitrogen and oxygen atoms in total. The molecule has 0 spiro atoms. The summed E-state index contributed by atoms with van der Waals surface area (Å²) in [6.45, 7) is 1.51. The van der Waals surface area contributed by atoms with Crippen molar-refractivity contribution in [3.63, 3.8) is 0 Å². The maximum atomic E-state index is 12.0. The molecule has 1 fully saturated rings. The van der Waals surface area contributed by atoms with Gasteiger partial charge in [0.15, 0.2) is 6.23 Å². The maximum absolute atomic E-state index is 12.0. The quantitative estimate of drug-likeness (QED) is 0.382. The number of nitrogens with zero attached hydrogens (tertiary/aromatic N) is 2. The minimum atomic E-state index is -1.13. The van der Waals surface area contributed by atoms with Crippen molar-refractivity contribution < 1.29 is 24.5 Å². The van der Waals surface area contributed by atoms with Gasteiger partial charge in [0.1, 0.15) is 18.3 Å². The standard InChI is InChI=1S/C14H23N3O7/c1-8-6-17(14(21)15-12(8)20)13-11(10(19)9(7-18)24-13)22-4-5-23-16(2)3/h6,9-11,13,18-19H,4-5,7H2,1-3H3,(H,15,20,21). The predicted octanol–water partition coefficient (Wildman–Crippen LogP) is -2.03. The van der Waals surface area contributed by atoms with E-state index in [1.165, 1.54) is 11.3 Å². The highest BCUT2D eigenvalue weighted by Crippen LogP contribution is 2.30. The van der Waals surface area contributed by atoms with Crippen LogP contribution in [0.25, 0.3) is 0 Å². The Morgan fingerprint density at radius 1 is 1.38 bits per heavy atom. The summed E-state index contributed by atoms with van der Waals surface area (Å²) < 4.78 is 12.3. The maximum Gasteiger partial charge on any atom is 0.330 e. The Balaban J connectivity index is 2.20. The minimum absolute atomic E-state index is 0.148. The van der Waals surface area contributed by atoms with E-state index < -0.39 is 42.4 Å². The third-order valence-corrected chi connectivity index (χ3v) is 3.66. The van der Waals surface area contributed by atoms with E-state index >= 15 is 0 Å². The third-order valence-electron chi connectivity index (χ3n) is 3.66. The molecule has 4 unspecified atom stereocenters. The van der Waals surface area contributed by atoms with Crippen molar-refractivity contribution in [1.82, 2.24) is 14.6 Å². The average molecular weight is 345 g/mol. The number of nitrogens with one attached hydrogen (secondary N) is 1. The molecule has 2 heterocycles. The van der Waals surface area contributed by atoms with Gasteiger partial charge in [0, 0.05) is 25.9 Å². The van der Waals surface area contributed by atoms with E-state index in [4.69, 9.17) is 14.3 Å². The first-order chi connectivity index (χ1) is 11.3. The van der Waals surface area contributed by atoms with Crippen LogP contribution in [0.2, 0.25) is 0 Å². The number of hydroxylamine groups is 2. The Morgan fingerprint density at radius 3 is 2.71 bits per heavy atom. The van der Waals surface area contributed by atoms with Gasteiger partial charge < -0.3 is 19.7 Å². The van der Waals surface area contributed by atoms with Crippen LogP contribution in [0.3, 0.4) is 0 Å². The highest BCUT2D eigenvalue weighted by Gasteiger charge is 2.45. The van der Waals surface area contributed by atoms with Crippen LogP contribution in [0, 0.1) is 6.92 Å². The number of ether oxygens (including phenoxy) is 2. The largest absolute Gasteiger partial charge is 0.394 e. The molecule has 136 valence electrons. The monoisotopic (exact) mass is 345 g/mol. The smallest absolute Gasteiger partial charge is 0.330 e. The fourth-order valence-corrected chi connectivity index (χ4v) is 2.45. The van der Waals surface area contributed by atoms with E-state index in [2.05, 4.69) is 4.98 Å². The number of aromatic nitrogens is 2. The van der Waals surface area contributed by atoms with Gasteiger partial charge in [-0.3, -0.25) is 19.2 Å². The number of hydrogen-bond donors (Lipinski definition) is 3. The van der Waals surface area contributed by atoms with Gasteiger partial charge in [-0.2, -0.15) is 5.06 Å². The topological polar surface area (TPSA) is 126 Å². The molecule has 2 rings (SSSR count). The summed E-state index contributed by atoms with van der Waals surface area (Å²) in [5, 5.41) is 21.1. The van der Waals surface area contributed by atoms with Crippen molar-refractivity contribution in [2.24, 2.45) is 0 Å². The summed E-state index contributed by atoms with van der Waals surface area (Å²) in [5.74, 6) is 0. The van der Waals surface area contributed by atoms with E-state index in [-0.39, 0.29) is 13.2 Å². The van der Waals surface area contributed by atoms with Gasteiger partial charge in [-0.15, -0.1) is 0 Å². The fourth-order valence-electron chi connectivity index (χ4n) is 2.45. The van der Waals surface area contributed by atoms with Gasteiger partial charge in [-0.1, -0.05) is 0 Å². The zero-order chi connectivity index (χ0) is 17.9. The number of aliphatic hydroxyl groups is 2. The molecule has 1 saturated heterocycles. The molecule has 1 aromatic heterocycles. The first-order valence-corrected chi connectivity index (χ1v) is 7.53. The molecule has 24 heavy (non-hydrogen) atoms. The SMILES string of the molecule is Cc1cn(C2OC(CO)C(O)C2OCCON(C)C)c(=O)[nH]c1=O. The Hall–Kier alpha value is -1.56. The third kappa shape index (κ3) is 4.09. The Labute approximate surface area is 138 Å². The molecule has 1 aliphatic heterocycles. The normalized spacial score (nSPS) is 27.1. The first-order valence-electron chi connectivity index (χ1n) is 7.53. The first kappa shape index (κ1) is 18.8. The average Bonchev–Trinajstić information content (AvgIpc) is 2.83.